The van der Waals surface area contributed by atoms with Crippen molar-refractivity contribution in [2.75, 3.05) is 26.2 Å². The van der Waals surface area contributed by atoms with Gasteiger partial charge < -0.3 is 22.9 Å². The maximum Gasteiger partial charge on any atom is 0.133 e. The standard InChI is InChI=1S/C21H40N4O4/c22-9-1-5-17(26)13-21(14-18(27)6-2-10-23,15-19(28)7-3-11-24)16-20(29)8-4-12-25/h1-16,22-25H2. The molecule has 8 N–H and O–H groups in total. The second-order valence-electron chi connectivity index (χ2n) is 7.93. The van der Waals surface area contributed by atoms with Crippen LogP contribution in [0.25, 0.3) is 0 Å². The molecule has 0 aliphatic carbocycles. The van der Waals surface area contributed by atoms with Crippen molar-refractivity contribution in [3.05, 3.63) is 0 Å². The molecule has 0 aliphatic heterocycles. The molecule has 0 amide bonds. The van der Waals surface area contributed by atoms with Crippen molar-refractivity contribution in [2.45, 2.75) is 77.0 Å². The fourth-order valence-corrected chi connectivity index (χ4v) is 3.60. The predicted molar refractivity (Wildman–Crippen MR) is 114 cm³/mol. The third-order valence-corrected chi connectivity index (χ3v) is 4.93. The summed E-state index contributed by atoms with van der Waals surface area (Å²) in [7, 11) is 0. The highest BCUT2D eigenvalue weighted by atomic mass is 16.1. The summed E-state index contributed by atoms with van der Waals surface area (Å²) in [5.41, 5.74) is 21.0. The van der Waals surface area contributed by atoms with Gasteiger partial charge >= 0.3 is 0 Å². The van der Waals surface area contributed by atoms with Gasteiger partial charge in [-0.25, -0.2) is 0 Å². The van der Waals surface area contributed by atoms with Gasteiger partial charge in [-0.15, -0.1) is 0 Å². The van der Waals surface area contributed by atoms with E-state index in [1.165, 1.54) is 0 Å². The zero-order valence-electron chi connectivity index (χ0n) is 17.8. The minimum Gasteiger partial charge on any atom is -0.330 e. The van der Waals surface area contributed by atoms with Crippen molar-refractivity contribution in [2.24, 2.45) is 28.3 Å². The highest BCUT2D eigenvalue weighted by molar-refractivity contribution is 5.88. The van der Waals surface area contributed by atoms with Gasteiger partial charge in [0, 0.05) is 51.4 Å². The lowest BCUT2D eigenvalue weighted by molar-refractivity contribution is -0.130. The van der Waals surface area contributed by atoms with Crippen molar-refractivity contribution < 1.29 is 19.2 Å². The van der Waals surface area contributed by atoms with Gasteiger partial charge in [-0.2, -0.15) is 0 Å². The second-order valence-corrected chi connectivity index (χ2v) is 7.93. The summed E-state index contributed by atoms with van der Waals surface area (Å²) in [6.45, 7) is 1.55. The van der Waals surface area contributed by atoms with E-state index in [1.807, 2.05) is 0 Å². The normalized spacial score (nSPS) is 11.4. The molecule has 168 valence electrons. The summed E-state index contributed by atoms with van der Waals surface area (Å²) in [4.78, 5) is 50.2. The second kappa shape index (κ2) is 16.3. The molecule has 0 heterocycles. The van der Waals surface area contributed by atoms with Gasteiger partial charge in [0.15, 0.2) is 0 Å². The SMILES string of the molecule is NCCCC(=O)CC(CC(=O)CCCN)(CC(=O)CCCN)CC(=O)CCCN. The first-order chi connectivity index (χ1) is 13.8. The summed E-state index contributed by atoms with van der Waals surface area (Å²) < 4.78 is 0. The smallest absolute Gasteiger partial charge is 0.133 e. The first kappa shape index (κ1) is 27.5. The number of nitrogens with two attached hydrogens (primary N) is 4. The largest absolute Gasteiger partial charge is 0.330 e. The van der Waals surface area contributed by atoms with Crippen LogP contribution in [0.15, 0.2) is 0 Å². The number of hydrogen-bond donors (Lipinski definition) is 4. The van der Waals surface area contributed by atoms with E-state index in [1.54, 1.807) is 0 Å². The molecule has 0 spiro atoms. The third kappa shape index (κ3) is 13.4. The Morgan fingerprint density at radius 3 is 0.828 bits per heavy atom. The molecule has 0 saturated carbocycles. The van der Waals surface area contributed by atoms with Crippen LogP contribution in [0, 0.1) is 5.41 Å². The van der Waals surface area contributed by atoms with E-state index >= 15 is 0 Å². The van der Waals surface area contributed by atoms with Crippen LogP contribution in [0.1, 0.15) is 77.0 Å². The predicted octanol–water partition coefficient (Wildman–Crippen LogP) is 0.765. The van der Waals surface area contributed by atoms with Crippen molar-refractivity contribution in [3.63, 3.8) is 0 Å². The fraction of sp³-hybridized carbons (Fsp3) is 0.810. The van der Waals surface area contributed by atoms with Crippen molar-refractivity contribution in [1.82, 2.24) is 0 Å². The third-order valence-electron chi connectivity index (χ3n) is 4.93. The van der Waals surface area contributed by atoms with E-state index in [-0.39, 0.29) is 74.5 Å². The van der Waals surface area contributed by atoms with Gasteiger partial charge in [-0.05, 0) is 57.3 Å². The molecule has 0 unspecified atom stereocenters. The number of rotatable bonds is 20. The number of carbonyl (C=O) groups is 4. The van der Waals surface area contributed by atoms with E-state index in [4.69, 9.17) is 22.9 Å². The average Bonchev–Trinajstić information content (AvgIpc) is 2.67. The lowest BCUT2D eigenvalue weighted by atomic mass is 9.69. The van der Waals surface area contributed by atoms with Crippen LogP contribution < -0.4 is 22.9 Å². The quantitative estimate of drug-likeness (QED) is 0.227. The molecule has 0 aromatic carbocycles. The molecule has 0 aromatic rings. The Hall–Kier alpha value is -1.48. The lowest BCUT2D eigenvalue weighted by Gasteiger charge is -2.32. The van der Waals surface area contributed by atoms with Gasteiger partial charge in [0.1, 0.15) is 23.1 Å². The first-order valence-electron chi connectivity index (χ1n) is 10.7. The Bertz CT molecular complexity index is 429. The molecule has 0 bridgehead atoms. The summed E-state index contributed by atoms with van der Waals surface area (Å²) in [5.74, 6) is -0.277. The number of ketones is 4. The van der Waals surface area contributed by atoms with Crippen molar-refractivity contribution >= 4 is 23.1 Å². The molecule has 0 saturated heterocycles. The minimum absolute atomic E-state index is 0.0318. The Labute approximate surface area is 174 Å². The molecule has 0 atom stereocenters. The molecule has 29 heavy (non-hydrogen) atoms. The van der Waals surface area contributed by atoms with Crippen LogP contribution in [-0.4, -0.2) is 49.3 Å². The maximum absolute atomic E-state index is 12.6. The number of carbonyl (C=O) groups excluding carboxylic acids is 4. The van der Waals surface area contributed by atoms with Crippen LogP contribution >= 0.6 is 0 Å². The van der Waals surface area contributed by atoms with Gasteiger partial charge in [0.2, 0.25) is 0 Å². The number of hydrogen-bond acceptors (Lipinski definition) is 8. The molecule has 0 radical (unpaired) electrons. The van der Waals surface area contributed by atoms with Gasteiger partial charge in [-0.3, -0.25) is 19.2 Å². The highest BCUT2D eigenvalue weighted by Gasteiger charge is 2.38. The van der Waals surface area contributed by atoms with Crippen LogP contribution in [0.5, 0.6) is 0 Å². The Kier molecular flexibility index (Phi) is 15.5. The van der Waals surface area contributed by atoms with Crippen molar-refractivity contribution in [3.8, 4) is 0 Å². The molecular weight excluding hydrogens is 372 g/mol. The van der Waals surface area contributed by atoms with E-state index in [2.05, 4.69) is 0 Å². The molecular formula is C21H40N4O4. The Morgan fingerprint density at radius 2 is 0.655 bits per heavy atom. The fourth-order valence-electron chi connectivity index (χ4n) is 3.60. The van der Waals surface area contributed by atoms with Gasteiger partial charge in [-0.1, -0.05) is 0 Å². The summed E-state index contributed by atoms with van der Waals surface area (Å²) >= 11 is 0. The molecule has 8 nitrogen and oxygen atoms in total. The average molecular weight is 413 g/mol. The van der Waals surface area contributed by atoms with E-state index in [9.17, 15) is 19.2 Å². The molecule has 0 aromatic heterocycles. The minimum atomic E-state index is -0.977. The molecule has 8 heteroatoms. The molecule has 0 rings (SSSR count). The zero-order valence-corrected chi connectivity index (χ0v) is 17.8. The zero-order chi connectivity index (χ0) is 22.1. The van der Waals surface area contributed by atoms with E-state index < -0.39 is 5.41 Å². The number of Topliss-reactive ketones (excluding diaryl/α,β-unsaturated/α-hetero) is 4. The van der Waals surface area contributed by atoms with Crippen LogP contribution in [0.2, 0.25) is 0 Å². The summed E-state index contributed by atoms with van der Waals surface area (Å²) in [6, 6.07) is 0. The Morgan fingerprint density at radius 1 is 0.448 bits per heavy atom. The van der Waals surface area contributed by atoms with Crippen LogP contribution in [-0.2, 0) is 19.2 Å². The highest BCUT2D eigenvalue weighted by Crippen LogP contribution is 2.38. The van der Waals surface area contributed by atoms with Crippen molar-refractivity contribution in [1.29, 1.82) is 0 Å². The van der Waals surface area contributed by atoms with Crippen LogP contribution in [0.4, 0.5) is 0 Å². The lowest BCUT2D eigenvalue weighted by Crippen LogP contribution is -2.33. The molecule has 0 fully saturated rings. The first-order valence-corrected chi connectivity index (χ1v) is 10.7. The maximum atomic E-state index is 12.6. The Balaban J connectivity index is 5.59. The van der Waals surface area contributed by atoms with Gasteiger partial charge in [0.25, 0.3) is 0 Å². The topological polar surface area (TPSA) is 172 Å². The van der Waals surface area contributed by atoms with E-state index in [0.717, 1.165) is 0 Å². The summed E-state index contributed by atoms with van der Waals surface area (Å²) in [6.07, 6.45) is 3.41. The monoisotopic (exact) mass is 412 g/mol. The van der Waals surface area contributed by atoms with Gasteiger partial charge in [0.05, 0.1) is 0 Å². The molecule has 0 aliphatic rings. The van der Waals surface area contributed by atoms with Crippen LogP contribution in [0.3, 0.4) is 0 Å². The summed E-state index contributed by atoms with van der Waals surface area (Å²) in [5, 5.41) is 0. The van der Waals surface area contributed by atoms with E-state index in [0.29, 0.717) is 51.9 Å².